The lowest BCUT2D eigenvalue weighted by atomic mass is 10.1. The number of carbonyl (C=O) groups excluding carboxylic acids is 2. The standard InChI is InChI=1S/C21H35N3O3/c1-15(2)9-11-22-20(25)18-14-27-19(23-18)13-24(12-10-16(3)4)21(26)17-7-5-6-8-17/h14-17H,5-13H2,1-4H3,(H,22,25). The SMILES string of the molecule is CC(C)CCNC(=O)c1coc(CN(CCC(C)C)C(=O)C2CCCC2)n1. The molecule has 0 radical (unpaired) electrons. The molecule has 1 aromatic heterocycles. The number of carbonyl (C=O) groups is 2. The van der Waals surface area contributed by atoms with Crippen molar-refractivity contribution in [1.29, 1.82) is 0 Å². The summed E-state index contributed by atoms with van der Waals surface area (Å²) in [5, 5.41) is 2.86. The van der Waals surface area contributed by atoms with Crippen molar-refractivity contribution in [2.75, 3.05) is 13.1 Å². The molecule has 0 unspecified atom stereocenters. The first kappa shape index (κ1) is 21.5. The van der Waals surface area contributed by atoms with Gasteiger partial charge in [0.05, 0.1) is 6.54 Å². The van der Waals surface area contributed by atoms with E-state index in [0.29, 0.717) is 37.4 Å². The van der Waals surface area contributed by atoms with Gasteiger partial charge in [0, 0.05) is 19.0 Å². The molecular weight excluding hydrogens is 342 g/mol. The second kappa shape index (κ2) is 10.5. The van der Waals surface area contributed by atoms with Crippen molar-refractivity contribution >= 4 is 11.8 Å². The fourth-order valence-electron chi connectivity index (χ4n) is 3.33. The van der Waals surface area contributed by atoms with E-state index in [2.05, 4.69) is 38.0 Å². The monoisotopic (exact) mass is 377 g/mol. The number of amides is 2. The Morgan fingerprint density at radius 3 is 2.48 bits per heavy atom. The second-order valence-corrected chi connectivity index (χ2v) is 8.49. The smallest absolute Gasteiger partial charge is 0.273 e. The lowest BCUT2D eigenvalue weighted by molar-refractivity contribution is -0.136. The predicted molar refractivity (Wildman–Crippen MR) is 105 cm³/mol. The molecule has 1 fully saturated rings. The van der Waals surface area contributed by atoms with Gasteiger partial charge in [0.25, 0.3) is 5.91 Å². The van der Waals surface area contributed by atoms with Crippen molar-refractivity contribution in [1.82, 2.24) is 15.2 Å². The number of rotatable bonds is 10. The predicted octanol–water partition coefficient (Wildman–Crippen LogP) is 4.02. The molecule has 0 aromatic carbocycles. The van der Waals surface area contributed by atoms with Crippen LogP contribution in [0.15, 0.2) is 10.7 Å². The zero-order valence-corrected chi connectivity index (χ0v) is 17.3. The van der Waals surface area contributed by atoms with E-state index in [4.69, 9.17) is 4.42 Å². The van der Waals surface area contributed by atoms with Crippen molar-refractivity contribution in [3.05, 3.63) is 17.8 Å². The molecule has 2 rings (SSSR count). The van der Waals surface area contributed by atoms with Gasteiger partial charge in [-0.1, -0.05) is 40.5 Å². The van der Waals surface area contributed by atoms with E-state index in [1.54, 1.807) is 0 Å². The number of aromatic nitrogens is 1. The molecule has 6 nitrogen and oxygen atoms in total. The van der Waals surface area contributed by atoms with Crippen LogP contribution in [-0.2, 0) is 11.3 Å². The van der Waals surface area contributed by atoms with E-state index in [1.807, 2.05) is 4.90 Å². The molecule has 0 saturated heterocycles. The van der Waals surface area contributed by atoms with E-state index >= 15 is 0 Å². The minimum absolute atomic E-state index is 0.130. The first-order valence-electron chi connectivity index (χ1n) is 10.4. The number of nitrogens with zero attached hydrogens (tertiary/aromatic N) is 2. The first-order valence-corrected chi connectivity index (χ1v) is 10.4. The van der Waals surface area contributed by atoms with E-state index in [0.717, 1.165) is 38.5 Å². The third kappa shape index (κ3) is 7.00. The first-order chi connectivity index (χ1) is 12.9. The van der Waals surface area contributed by atoms with Gasteiger partial charge in [0.1, 0.15) is 6.26 Å². The summed E-state index contributed by atoms with van der Waals surface area (Å²) in [6, 6.07) is 0. The van der Waals surface area contributed by atoms with Crippen LogP contribution in [0.2, 0.25) is 0 Å². The Labute approximate surface area is 163 Å². The Balaban J connectivity index is 1.96. The number of hydrogen-bond acceptors (Lipinski definition) is 4. The maximum Gasteiger partial charge on any atom is 0.273 e. The van der Waals surface area contributed by atoms with Gasteiger partial charge in [-0.15, -0.1) is 0 Å². The zero-order valence-electron chi connectivity index (χ0n) is 17.3. The summed E-state index contributed by atoms with van der Waals surface area (Å²) in [7, 11) is 0. The van der Waals surface area contributed by atoms with Gasteiger partial charge in [0.2, 0.25) is 11.8 Å². The average Bonchev–Trinajstić information content (AvgIpc) is 3.29. The Bertz CT molecular complexity index is 604. The van der Waals surface area contributed by atoms with Crippen LogP contribution in [0.25, 0.3) is 0 Å². The van der Waals surface area contributed by atoms with Gasteiger partial charge in [-0.3, -0.25) is 9.59 Å². The average molecular weight is 378 g/mol. The van der Waals surface area contributed by atoms with Crippen molar-refractivity contribution < 1.29 is 14.0 Å². The third-order valence-corrected chi connectivity index (χ3v) is 5.11. The van der Waals surface area contributed by atoms with Crippen LogP contribution < -0.4 is 5.32 Å². The maximum absolute atomic E-state index is 12.9. The van der Waals surface area contributed by atoms with Crippen LogP contribution in [0.3, 0.4) is 0 Å². The molecule has 1 aromatic rings. The second-order valence-electron chi connectivity index (χ2n) is 8.49. The highest BCUT2D eigenvalue weighted by Gasteiger charge is 2.28. The molecule has 6 heteroatoms. The topological polar surface area (TPSA) is 75.4 Å². The molecule has 1 heterocycles. The van der Waals surface area contributed by atoms with Crippen LogP contribution in [0.4, 0.5) is 0 Å². The van der Waals surface area contributed by atoms with Crippen molar-refractivity contribution in [2.45, 2.75) is 72.8 Å². The highest BCUT2D eigenvalue weighted by molar-refractivity contribution is 5.91. The Kier molecular flexibility index (Phi) is 8.32. The molecule has 1 saturated carbocycles. The van der Waals surface area contributed by atoms with Crippen LogP contribution in [-0.4, -0.2) is 34.8 Å². The van der Waals surface area contributed by atoms with Crippen LogP contribution >= 0.6 is 0 Å². The van der Waals surface area contributed by atoms with Gasteiger partial charge in [0.15, 0.2) is 5.69 Å². The quantitative estimate of drug-likeness (QED) is 0.668. The Hall–Kier alpha value is -1.85. The molecule has 0 bridgehead atoms. The molecule has 0 spiro atoms. The minimum atomic E-state index is -0.221. The maximum atomic E-state index is 12.9. The molecular formula is C21H35N3O3. The van der Waals surface area contributed by atoms with E-state index in [9.17, 15) is 9.59 Å². The molecule has 152 valence electrons. The molecule has 1 aliphatic rings. The highest BCUT2D eigenvalue weighted by atomic mass is 16.3. The van der Waals surface area contributed by atoms with E-state index in [-0.39, 0.29) is 23.4 Å². The fraction of sp³-hybridized carbons (Fsp3) is 0.762. The summed E-state index contributed by atoms with van der Waals surface area (Å²) in [5.74, 6) is 1.60. The molecule has 2 amide bonds. The Morgan fingerprint density at radius 1 is 1.19 bits per heavy atom. The number of hydrogen-bond donors (Lipinski definition) is 1. The third-order valence-electron chi connectivity index (χ3n) is 5.11. The largest absolute Gasteiger partial charge is 0.446 e. The lowest BCUT2D eigenvalue weighted by Gasteiger charge is -2.25. The lowest BCUT2D eigenvalue weighted by Crippen LogP contribution is -2.36. The van der Waals surface area contributed by atoms with E-state index < -0.39 is 0 Å². The van der Waals surface area contributed by atoms with Crippen molar-refractivity contribution in [2.24, 2.45) is 17.8 Å². The normalized spacial score (nSPS) is 14.9. The summed E-state index contributed by atoms with van der Waals surface area (Å²) in [6.07, 6.45) is 7.48. The molecule has 0 atom stereocenters. The van der Waals surface area contributed by atoms with Gasteiger partial charge in [-0.25, -0.2) is 4.98 Å². The number of oxazole rings is 1. The van der Waals surface area contributed by atoms with Gasteiger partial charge < -0.3 is 14.6 Å². The summed E-state index contributed by atoms with van der Waals surface area (Å²) in [4.78, 5) is 31.2. The molecule has 1 N–H and O–H groups in total. The molecule has 0 aliphatic heterocycles. The number of nitrogens with one attached hydrogen (secondary N) is 1. The highest BCUT2D eigenvalue weighted by Crippen LogP contribution is 2.27. The van der Waals surface area contributed by atoms with Crippen LogP contribution in [0.5, 0.6) is 0 Å². The Morgan fingerprint density at radius 2 is 1.85 bits per heavy atom. The molecule has 27 heavy (non-hydrogen) atoms. The minimum Gasteiger partial charge on any atom is -0.446 e. The van der Waals surface area contributed by atoms with Crippen molar-refractivity contribution in [3.8, 4) is 0 Å². The summed E-state index contributed by atoms with van der Waals surface area (Å²) >= 11 is 0. The van der Waals surface area contributed by atoms with Gasteiger partial charge in [-0.05, 0) is 37.5 Å². The van der Waals surface area contributed by atoms with Crippen LogP contribution in [0.1, 0.15) is 82.6 Å². The van der Waals surface area contributed by atoms with Gasteiger partial charge in [-0.2, -0.15) is 0 Å². The van der Waals surface area contributed by atoms with E-state index in [1.165, 1.54) is 6.26 Å². The fourth-order valence-corrected chi connectivity index (χ4v) is 3.33. The van der Waals surface area contributed by atoms with Crippen LogP contribution in [0, 0.1) is 17.8 Å². The summed E-state index contributed by atoms with van der Waals surface area (Å²) in [5.41, 5.74) is 0.283. The summed E-state index contributed by atoms with van der Waals surface area (Å²) < 4.78 is 5.50. The molecule has 1 aliphatic carbocycles. The zero-order chi connectivity index (χ0) is 19.8. The van der Waals surface area contributed by atoms with Crippen molar-refractivity contribution in [3.63, 3.8) is 0 Å². The summed E-state index contributed by atoms with van der Waals surface area (Å²) in [6.45, 7) is 10.2. The van der Waals surface area contributed by atoms with Gasteiger partial charge >= 0.3 is 0 Å².